The fourth-order valence-electron chi connectivity index (χ4n) is 25.1. The van der Waals surface area contributed by atoms with Crippen LogP contribution in [-0.2, 0) is 60.9 Å². The number of fused-ring (bicyclic) bond motifs is 15. The van der Waals surface area contributed by atoms with E-state index in [1.54, 1.807) is 12.1 Å². The van der Waals surface area contributed by atoms with E-state index in [0.717, 1.165) is 150 Å². The van der Waals surface area contributed by atoms with Gasteiger partial charge in [0, 0.05) is 122 Å². The van der Waals surface area contributed by atoms with Crippen molar-refractivity contribution >= 4 is 39.5 Å². The Morgan fingerprint density at radius 2 is 0.579 bits per heavy atom. The number of nitriles is 1. The van der Waals surface area contributed by atoms with Gasteiger partial charge in [-0.2, -0.15) is 5.26 Å². The topological polar surface area (TPSA) is 372 Å². The first-order valence-corrected chi connectivity index (χ1v) is 55.9. The molecule has 0 saturated carbocycles. The zero-order valence-corrected chi connectivity index (χ0v) is 92.4. The van der Waals surface area contributed by atoms with Crippen molar-refractivity contribution < 1.29 is 102 Å². The summed E-state index contributed by atoms with van der Waals surface area (Å²) in [4.78, 5) is 57.9. The Hall–Kier alpha value is -10.2. The Kier molecular flexibility index (Phi) is 36.1. The first kappa shape index (κ1) is 115. The van der Waals surface area contributed by atoms with Gasteiger partial charge in [-0.3, -0.25) is 9.59 Å². The lowest BCUT2D eigenvalue weighted by molar-refractivity contribution is -0.137. The third kappa shape index (κ3) is 26.7. The van der Waals surface area contributed by atoms with Crippen LogP contribution in [0.3, 0.4) is 0 Å². The number of nitrogens with zero attached hydrogens (tertiary/aromatic N) is 1. The molecule has 0 unspecified atom stereocenters. The molecule has 0 radical (unpaired) electrons. The Balaban J connectivity index is 0.000000173. The minimum atomic E-state index is -3.39. The second kappa shape index (κ2) is 45.5. The maximum Gasteiger partial charge on any atom is 0.331 e. The number of unbranched alkanes of at least 4 members (excludes halogenated alkanes) is 9. The van der Waals surface area contributed by atoms with Gasteiger partial charge in [0.15, 0.2) is 15.6 Å². The Labute approximate surface area is 864 Å². The number of phenolic OH excluding ortho intramolecular Hbond substituents is 5. The van der Waals surface area contributed by atoms with Crippen LogP contribution in [0.4, 0.5) is 0 Å². The predicted molar refractivity (Wildman–Crippen MR) is 573 cm³/mol. The summed E-state index contributed by atoms with van der Waals surface area (Å²) in [5.41, 5.74) is 9.42. The summed E-state index contributed by atoms with van der Waals surface area (Å²) >= 11 is 0. The molecule has 145 heavy (non-hydrogen) atoms. The predicted octanol–water partition coefficient (Wildman–Crippen LogP) is 28.7. The molecular weight excluding hydrogens is 1850 g/mol. The number of aliphatic carboxylic acids is 4. The first-order valence-electron chi connectivity index (χ1n) is 53.8. The Bertz CT molecular complexity index is 5910. The minimum Gasteiger partial charge on any atom is -0.508 e. The van der Waals surface area contributed by atoms with Crippen molar-refractivity contribution in [1.82, 2.24) is 0 Å². The van der Waals surface area contributed by atoms with Gasteiger partial charge in [0.05, 0.1) is 6.07 Å². The van der Waals surface area contributed by atoms with Crippen LogP contribution in [0.25, 0.3) is 0 Å². The van der Waals surface area contributed by atoms with Crippen LogP contribution in [-0.4, -0.2) is 124 Å². The molecule has 5 aliphatic carbocycles. The third-order valence-electron chi connectivity index (χ3n) is 34.2. The van der Waals surface area contributed by atoms with E-state index in [1.807, 2.05) is 68.5 Å². The van der Waals surface area contributed by atoms with E-state index in [9.17, 15) is 78.5 Å². The smallest absolute Gasteiger partial charge is 0.331 e. The number of phenols is 5. The number of hydrogen-bond acceptors (Lipinski definition) is 18. The molecule has 0 fully saturated rings. The molecule has 796 valence electrons. The number of hydrogen-bond donors (Lipinski definition) is 9. The molecule has 23 heteroatoms. The summed E-state index contributed by atoms with van der Waals surface area (Å²) in [5, 5.41) is 101. The summed E-state index contributed by atoms with van der Waals surface area (Å²) in [6.45, 7) is 51.4. The van der Waals surface area contributed by atoms with E-state index in [4.69, 9.17) is 28.8 Å². The molecule has 9 N–H and O–H groups in total. The lowest BCUT2D eigenvalue weighted by Crippen LogP contribution is -2.46. The van der Waals surface area contributed by atoms with Crippen molar-refractivity contribution in [3.63, 3.8) is 0 Å². The van der Waals surface area contributed by atoms with Gasteiger partial charge in [-0.25, -0.2) is 22.8 Å². The zero-order valence-electron chi connectivity index (χ0n) is 91.6. The molecule has 0 amide bonds. The second-order valence-corrected chi connectivity index (χ2v) is 51.5. The Morgan fingerprint density at radius 3 is 0.828 bits per heavy atom. The lowest BCUT2D eigenvalue weighted by Gasteiger charge is -2.47. The summed E-state index contributed by atoms with van der Waals surface area (Å²) < 4.78 is 55.3. The van der Waals surface area contributed by atoms with Gasteiger partial charge in [-0.05, 0) is 293 Å². The summed E-state index contributed by atoms with van der Waals surface area (Å²) in [6.07, 6.45) is 36.9. The minimum absolute atomic E-state index is 0.00507. The van der Waals surface area contributed by atoms with Crippen LogP contribution in [0.1, 0.15) is 444 Å². The molecule has 10 atom stereocenters. The first-order chi connectivity index (χ1) is 67.5. The molecule has 22 nitrogen and oxygen atoms in total. The summed E-state index contributed by atoms with van der Waals surface area (Å²) in [7, 11) is -3.39. The van der Waals surface area contributed by atoms with Crippen LogP contribution in [0.2, 0.25) is 0 Å². The average molecular weight is 2020 g/mol. The van der Waals surface area contributed by atoms with Crippen molar-refractivity contribution in [2.24, 2.45) is 29.6 Å². The number of Topliss-reactive ketones (excluding diaryl/α,β-unsaturated/α-hetero) is 1. The number of carbonyl (C=O) groups excluding carboxylic acids is 1. The van der Waals surface area contributed by atoms with Crippen LogP contribution >= 0.6 is 0 Å². The van der Waals surface area contributed by atoms with E-state index in [2.05, 4.69) is 183 Å². The van der Waals surface area contributed by atoms with Gasteiger partial charge in [-0.15, -0.1) is 0 Å². The number of carboxylic acid groups (broad SMARTS) is 4. The molecule has 0 saturated heterocycles. The molecule has 10 aliphatic rings. The standard InChI is InChI=1S/C27H40O5S.C25H35NO2.C25H34O6.C23H32O4.C22H30O4/c1-7-8-9-10-13-26(2,3)19-15-22(28)25-20-14-18(23(29)17-33(6,30)31)11-12-21(20)27(4,5)32-24(25)16-19;1-6-7-8-9-12-24(2,3)18-14-21(27)23-19-13-17(16-26)10-11-20(19)25(4,5)28-22(23)15-18;1-24(2,11-7-5-6-8-21(27)28)16-13-19(26)22-17-12-15(23(29)30)9-10-18(17)25(3,4)31-20(22)14-16;1-6-7-10-22(2,3)15-12-18(24)20-16-11-14(21(25)26)8-9-17(16)23(4,5)27-19(20)13-15;1-6-9-21(2,3)14-11-17(23)19-15-10-13(20(24)25)7-8-16(15)22(4,5)26-18(19)12-14/h11,15-16,20-21,28H,7-10,12-14,17H2,1-6H3;10,14-15,19-20,27H,6-9,11-13H2,1-5H3;9,13-14,17-18,26H,5-8,10-12H2,1-4H3,(H,27,28)(H,29,30);8,12-13,16-17,24H,6-7,9-11H2,1-5H3,(H,25,26);7,11-12,15-16,23H,6,8-10H2,1-5H3,(H,24,25)/t20-,21-;19-,20-;17-,18-;16-,17-;15-,16-/m11111/s1. The van der Waals surface area contributed by atoms with Gasteiger partial charge >= 0.3 is 23.9 Å². The van der Waals surface area contributed by atoms with Gasteiger partial charge in [0.25, 0.3) is 0 Å². The molecule has 5 aliphatic heterocycles. The van der Waals surface area contributed by atoms with Gasteiger partial charge < -0.3 is 69.6 Å². The molecule has 5 aromatic carbocycles. The number of carbonyl (C=O) groups is 5. The quantitative estimate of drug-likeness (QED) is 0.0181. The van der Waals surface area contributed by atoms with Crippen molar-refractivity contribution in [2.45, 2.75) is 443 Å². The number of benzene rings is 5. The molecule has 5 heterocycles. The van der Waals surface area contributed by atoms with Crippen LogP contribution < -0.4 is 23.7 Å². The highest BCUT2D eigenvalue weighted by Crippen LogP contribution is 2.62. The normalized spacial score (nSPS) is 22.9. The fourth-order valence-corrected chi connectivity index (χ4v) is 25.7. The van der Waals surface area contributed by atoms with Crippen LogP contribution in [0.5, 0.6) is 57.5 Å². The molecular formula is C122H171NO21S. The number of aromatic hydroxyl groups is 5. The second-order valence-electron chi connectivity index (χ2n) is 49.3. The molecule has 5 aromatic rings. The van der Waals surface area contributed by atoms with Crippen molar-refractivity contribution in [1.29, 1.82) is 5.26 Å². The van der Waals surface area contributed by atoms with Crippen LogP contribution in [0.15, 0.2) is 119 Å². The number of rotatable bonds is 32. The highest BCUT2D eigenvalue weighted by atomic mass is 32.2. The van der Waals surface area contributed by atoms with Gasteiger partial charge in [-0.1, -0.05) is 211 Å². The van der Waals surface area contributed by atoms with E-state index in [-0.39, 0.29) is 127 Å². The van der Waals surface area contributed by atoms with E-state index >= 15 is 0 Å². The molecule has 0 spiro atoms. The third-order valence-corrected chi connectivity index (χ3v) is 34.9. The number of ketones is 1. The fraction of sp³-hybridized carbons (Fsp3) is 0.623. The number of ether oxygens (including phenoxy) is 5. The van der Waals surface area contributed by atoms with E-state index < -0.39 is 61.9 Å². The van der Waals surface area contributed by atoms with E-state index in [1.165, 1.54) is 44.9 Å². The van der Waals surface area contributed by atoms with Crippen LogP contribution in [0, 0.1) is 40.9 Å². The molecule has 0 aromatic heterocycles. The lowest BCUT2D eigenvalue weighted by atomic mass is 9.66. The number of carboxylic acids is 4. The van der Waals surface area contributed by atoms with Crippen molar-refractivity contribution in [2.75, 3.05) is 12.0 Å². The highest BCUT2D eigenvalue weighted by Gasteiger charge is 2.54. The maximum atomic E-state index is 12.6. The zero-order chi connectivity index (χ0) is 107. The Morgan fingerprint density at radius 1 is 0.338 bits per heavy atom. The van der Waals surface area contributed by atoms with Crippen molar-refractivity contribution in [3.8, 4) is 63.6 Å². The monoisotopic (exact) mass is 2020 g/mol. The summed E-state index contributed by atoms with van der Waals surface area (Å²) in [6, 6.07) is 22.0. The number of allylic oxidation sites excluding steroid dienone is 7. The van der Waals surface area contributed by atoms with Crippen molar-refractivity contribution in [3.05, 3.63) is 175 Å². The number of sulfone groups is 1. The molecule has 15 rings (SSSR count). The SMILES string of the molecule is CC(C)(CCCCCC(=O)O)c1cc(O)c2c(c1)OC(C)(C)[C@@H]1CC=C(C(=O)O)C[C@@H]21.CCCC(C)(C)c1cc(O)c2c(c1)OC(C)(C)[C@@H]1CC=C(C(=O)O)C[C@@H]21.CCCCC(C)(C)c1cc(O)c2c(c1)OC(C)(C)[C@@H]1CC=C(C(=O)O)C[C@@H]21.CCCCCCC(C)(C)c1cc(O)c2c(c1)OC(C)(C)[C@@H]1CC=C(C#N)C[C@@H]21.CCCCCCC(C)(C)c1cc(O)c2c(c1)OC(C)(C)[C@@H]1CC=C(C(=O)CS(C)(=O)=O)C[C@@H]21. The largest absolute Gasteiger partial charge is 0.508 e. The molecule has 0 bridgehead atoms. The van der Waals surface area contributed by atoms with Gasteiger partial charge in [0.1, 0.15) is 91.3 Å². The highest BCUT2D eigenvalue weighted by molar-refractivity contribution is 7.91. The maximum absolute atomic E-state index is 12.6. The average Bonchev–Trinajstić information content (AvgIpc) is 0.751. The summed E-state index contributed by atoms with van der Waals surface area (Å²) in [5.74, 6) is 1.21. The van der Waals surface area contributed by atoms with E-state index in [0.29, 0.717) is 115 Å². The van der Waals surface area contributed by atoms with Gasteiger partial charge in [0.2, 0.25) is 0 Å².